The van der Waals surface area contributed by atoms with E-state index in [1.54, 1.807) is 36.4 Å². The smallest absolute Gasteiger partial charge is 0.338 e. The van der Waals surface area contributed by atoms with Crippen molar-refractivity contribution < 1.29 is 14.7 Å². The van der Waals surface area contributed by atoms with Crippen LogP contribution in [-0.2, 0) is 4.74 Å². The first-order valence-corrected chi connectivity index (χ1v) is 6.89. The number of rotatable bonds is 4. The molecular weight excluding hydrogens is 336 g/mol. The van der Waals surface area contributed by atoms with Gasteiger partial charge in [0, 0.05) is 15.7 Å². The van der Waals surface area contributed by atoms with Crippen LogP contribution in [0.5, 0.6) is 0 Å². The van der Waals surface area contributed by atoms with Gasteiger partial charge in [0.2, 0.25) is 0 Å². The third kappa shape index (κ3) is 4.06. The second-order valence-electron chi connectivity index (χ2n) is 4.25. The lowest BCUT2D eigenvalue weighted by atomic mass is 10.1. The van der Waals surface area contributed by atoms with Crippen LogP contribution in [0.2, 0.25) is 0 Å². The zero-order valence-corrected chi connectivity index (χ0v) is 12.6. The molecule has 5 nitrogen and oxygen atoms in total. The van der Waals surface area contributed by atoms with Crippen LogP contribution in [0.4, 0.5) is 5.69 Å². The van der Waals surface area contributed by atoms with E-state index in [0.29, 0.717) is 16.8 Å². The number of ether oxygens (including phenoxy) is 1. The van der Waals surface area contributed by atoms with Gasteiger partial charge in [-0.2, -0.15) is 0 Å². The highest BCUT2D eigenvalue weighted by atomic mass is 79.9. The minimum absolute atomic E-state index is 0.124. The summed E-state index contributed by atoms with van der Waals surface area (Å²) in [4.78, 5) is 11.9. The molecule has 21 heavy (non-hydrogen) atoms. The van der Waals surface area contributed by atoms with Crippen molar-refractivity contribution in [1.29, 1.82) is 0 Å². The van der Waals surface area contributed by atoms with Gasteiger partial charge in [0.15, 0.2) is 0 Å². The molecule has 0 amide bonds. The summed E-state index contributed by atoms with van der Waals surface area (Å²) in [6, 6.07) is 13.5. The van der Waals surface area contributed by atoms with E-state index in [1.807, 2.05) is 12.1 Å². The van der Waals surface area contributed by atoms with E-state index in [2.05, 4.69) is 21.1 Å². The number of anilines is 1. The van der Waals surface area contributed by atoms with E-state index >= 15 is 0 Å². The van der Waals surface area contributed by atoms with Gasteiger partial charge in [-0.05, 0) is 36.4 Å². The van der Waals surface area contributed by atoms with E-state index in [0.717, 1.165) is 4.47 Å². The number of nitrogens with zero attached hydrogens (tertiary/aromatic N) is 1. The second-order valence-corrected chi connectivity index (χ2v) is 5.17. The molecule has 2 rings (SSSR count). The van der Waals surface area contributed by atoms with Gasteiger partial charge in [0.05, 0.1) is 5.56 Å². The fourth-order valence-corrected chi connectivity index (χ4v) is 1.91. The maximum Gasteiger partial charge on any atom is 0.338 e. The number of hydrogen-bond acceptors (Lipinski definition) is 5. The predicted octanol–water partition coefficient (Wildman–Crippen LogP) is 3.07. The Hall–Kier alpha value is -2.34. The first-order valence-electron chi connectivity index (χ1n) is 6.09. The van der Waals surface area contributed by atoms with Gasteiger partial charge < -0.3 is 15.7 Å². The van der Waals surface area contributed by atoms with Crippen LogP contribution in [-0.4, -0.2) is 23.5 Å². The second kappa shape index (κ2) is 6.90. The van der Waals surface area contributed by atoms with Gasteiger partial charge in [-0.15, -0.1) is 0 Å². The van der Waals surface area contributed by atoms with E-state index in [4.69, 9.17) is 15.7 Å². The molecule has 0 heterocycles. The van der Waals surface area contributed by atoms with Crippen LogP contribution >= 0.6 is 15.9 Å². The third-order valence-corrected chi connectivity index (χ3v) is 3.31. The number of esters is 1. The molecule has 0 aliphatic carbocycles. The molecule has 0 saturated carbocycles. The Bertz CT molecular complexity index is 652. The van der Waals surface area contributed by atoms with Crippen molar-refractivity contribution in [1.82, 2.24) is 0 Å². The fourth-order valence-electron chi connectivity index (χ4n) is 1.65. The number of nitrogens with two attached hydrogens (primary N) is 1. The molecule has 0 aliphatic heterocycles. The van der Waals surface area contributed by atoms with Gasteiger partial charge in [-0.25, -0.2) is 4.79 Å². The number of hydrogen-bond donors (Lipinski definition) is 2. The van der Waals surface area contributed by atoms with Crippen molar-refractivity contribution in [3.8, 4) is 0 Å². The van der Waals surface area contributed by atoms with Crippen LogP contribution in [0.15, 0.2) is 58.2 Å². The largest absolute Gasteiger partial charge is 0.455 e. The van der Waals surface area contributed by atoms with Gasteiger partial charge in [-0.3, -0.25) is 0 Å². The van der Waals surface area contributed by atoms with Crippen molar-refractivity contribution in [2.24, 2.45) is 5.16 Å². The molecule has 0 radical (unpaired) electrons. The highest BCUT2D eigenvalue weighted by molar-refractivity contribution is 9.10. The number of benzene rings is 2. The Morgan fingerprint density at radius 2 is 1.67 bits per heavy atom. The van der Waals surface area contributed by atoms with E-state index in [1.165, 1.54) is 0 Å². The predicted molar refractivity (Wildman–Crippen MR) is 83.6 cm³/mol. The first kappa shape index (κ1) is 15.1. The minimum atomic E-state index is -0.506. The number of carbonyl (C=O) groups is 1. The maximum atomic E-state index is 11.9. The summed E-state index contributed by atoms with van der Waals surface area (Å²) in [5.74, 6) is -0.506. The number of carbonyl (C=O) groups excluding carboxylic acids is 1. The third-order valence-electron chi connectivity index (χ3n) is 2.78. The standard InChI is InChI=1S/C15H13BrN2O3/c16-12-5-1-10(2-6-12)14(18-20)9-21-15(19)11-3-7-13(17)8-4-11/h1-8,20H,9,17H2/b18-14+. The lowest BCUT2D eigenvalue weighted by Crippen LogP contribution is -2.15. The topological polar surface area (TPSA) is 84.9 Å². The van der Waals surface area contributed by atoms with Crippen LogP contribution in [0.3, 0.4) is 0 Å². The van der Waals surface area contributed by atoms with Gasteiger partial charge in [-0.1, -0.05) is 33.2 Å². The molecular formula is C15H13BrN2O3. The summed E-state index contributed by atoms with van der Waals surface area (Å²) in [7, 11) is 0. The molecule has 0 saturated heterocycles. The molecule has 108 valence electrons. The highest BCUT2D eigenvalue weighted by Crippen LogP contribution is 2.12. The van der Waals surface area contributed by atoms with E-state index < -0.39 is 5.97 Å². The molecule has 0 spiro atoms. The molecule has 0 bridgehead atoms. The van der Waals surface area contributed by atoms with Crippen LogP contribution in [0.25, 0.3) is 0 Å². The van der Waals surface area contributed by atoms with Crippen molar-refractivity contribution in [3.63, 3.8) is 0 Å². The van der Waals surface area contributed by atoms with Crippen molar-refractivity contribution in [2.45, 2.75) is 0 Å². The lowest BCUT2D eigenvalue weighted by molar-refractivity contribution is 0.0562. The molecule has 2 aromatic rings. The Balaban J connectivity index is 2.02. The summed E-state index contributed by atoms with van der Waals surface area (Å²) in [6.07, 6.45) is 0. The molecule has 0 aromatic heterocycles. The number of oxime groups is 1. The van der Waals surface area contributed by atoms with Crippen LogP contribution < -0.4 is 5.73 Å². The number of nitrogen functional groups attached to an aromatic ring is 1. The fraction of sp³-hybridized carbons (Fsp3) is 0.0667. The monoisotopic (exact) mass is 348 g/mol. The minimum Gasteiger partial charge on any atom is -0.455 e. The summed E-state index contributed by atoms with van der Waals surface area (Å²) in [5.41, 5.74) is 7.45. The molecule has 6 heteroatoms. The normalized spacial score (nSPS) is 11.2. The quantitative estimate of drug-likeness (QED) is 0.292. The van der Waals surface area contributed by atoms with Crippen LogP contribution in [0, 0.1) is 0 Å². The maximum absolute atomic E-state index is 11.9. The van der Waals surface area contributed by atoms with E-state index in [-0.39, 0.29) is 12.3 Å². The summed E-state index contributed by atoms with van der Waals surface area (Å²) >= 11 is 3.32. The molecule has 2 aromatic carbocycles. The molecule has 0 unspecified atom stereocenters. The Morgan fingerprint density at radius 3 is 2.24 bits per heavy atom. The Morgan fingerprint density at radius 1 is 1.10 bits per heavy atom. The SMILES string of the molecule is Nc1ccc(C(=O)OC/C(=N\O)c2ccc(Br)cc2)cc1. The average Bonchev–Trinajstić information content (AvgIpc) is 2.50. The van der Waals surface area contributed by atoms with Crippen molar-refractivity contribution in [3.05, 3.63) is 64.1 Å². The van der Waals surface area contributed by atoms with Gasteiger partial charge in [0.1, 0.15) is 12.3 Å². The van der Waals surface area contributed by atoms with Crippen LogP contribution in [0.1, 0.15) is 15.9 Å². The molecule has 0 fully saturated rings. The molecule has 0 atom stereocenters. The summed E-state index contributed by atoms with van der Waals surface area (Å²) < 4.78 is 6.03. The highest BCUT2D eigenvalue weighted by Gasteiger charge is 2.11. The van der Waals surface area contributed by atoms with Gasteiger partial charge in [0.25, 0.3) is 0 Å². The zero-order chi connectivity index (χ0) is 15.2. The summed E-state index contributed by atoms with van der Waals surface area (Å²) in [5, 5.41) is 12.2. The van der Waals surface area contributed by atoms with Crippen molar-refractivity contribution >= 4 is 33.3 Å². The zero-order valence-electron chi connectivity index (χ0n) is 11.0. The number of halogens is 1. The van der Waals surface area contributed by atoms with Crippen molar-refractivity contribution in [2.75, 3.05) is 12.3 Å². The Kier molecular flexibility index (Phi) is 4.94. The van der Waals surface area contributed by atoms with E-state index in [9.17, 15) is 4.79 Å². The average molecular weight is 349 g/mol. The first-order chi connectivity index (χ1) is 10.1. The van der Waals surface area contributed by atoms with Gasteiger partial charge >= 0.3 is 5.97 Å². The lowest BCUT2D eigenvalue weighted by Gasteiger charge is -2.07. The Labute approximate surface area is 130 Å². The summed E-state index contributed by atoms with van der Waals surface area (Å²) in [6.45, 7) is -0.124. The molecule has 3 N–H and O–H groups in total. The molecule has 0 aliphatic rings.